The summed E-state index contributed by atoms with van der Waals surface area (Å²) in [6.45, 7) is 7.99. The molecule has 0 radical (unpaired) electrons. The van der Waals surface area contributed by atoms with Crippen molar-refractivity contribution in [1.29, 1.82) is 0 Å². The fourth-order valence-corrected chi connectivity index (χ4v) is 0.604. The molecular weight excluding hydrogens is 105 g/mol. The summed E-state index contributed by atoms with van der Waals surface area (Å²) in [7, 11) is 0. The molecule has 0 saturated heterocycles. The van der Waals surface area contributed by atoms with Crippen LogP contribution in [0.25, 0.3) is 0 Å². The molecule has 0 aliphatic carbocycles. The van der Waals surface area contributed by atoms with E-state index in [9.17, 15) is 0 Å². The molecule has 2 heteroatoms. The van der Waals surface area contributed by atoms with Crippen molar-refractivity contribution in [2.24, 2.45) is 5.73 Å². The zero-order chi connectivity index (χ0) is 6.62. The van der Waals surface area contributed by atoms with Gasteiger partial charge >= 0.3 is 18.9 Å². The van der Waals surface area contributed by atoms with Crippen molar-refractivity contribution < 1.29 is 18.9 Å². The summed E-state index contributed by atoms with van der Waals surface area (Å²) >= 11 is 0. The maximum absolute atomic E-state index is 5.83. The van der Waals surface area contributed by atoms with Crippen LogP contribution in [0.15, 0.2) is 0 Å². The van der Waals surface area contributed by atoms with E-state index in [1.165, 1.54) is 0 Å². The molecule has 0 aromatic rings. The van der Waals surface area contributed by atoms with Gasteiger partial charge in [0.25, 0.3) is 0 Å². The van der Waals surface area contributed by atoms with Gasteiger partial charge in [-0.05, 0) is 18.4 Å². The van der Waals surface area contributed by atoms with Gasteiger partial charge in [0.2, 0.25) is 0 Å². The molecule has 0 heterocycles. The van der Waals surface area contributed by atoms with E-state index in [1.807, 2.05) is 0 Å². The minimum atomic E-state index is 0. The third kappa shape index (κ3) is 4.03. The molecule has 0 aromatic carbocycles. The smallest absolute Gasteiger partial charge is 0.342 e. The van der Waals surface area contributed by atoms with Crippen LogP contribution in [-0.4, -0.2) is 5.54 Å². The van der Waals surface area contributed by atoms with Crippen molar-refractivity contribution in [1.82, 2.24) is 0 Å². The molecular formula is C7H16LiN. The Morgan fingerprint density at radius 3 is 1.67 bits per heavy atom. The molecule has 0 amide bonds. The maximum Gasteiger partial charge on any atom is 1.00 e. The minimum Gasteiger partial charge on any atom is -0.342 e. The van der Waals surface area contributed by atoms with Crippen LogP contribution in [-0.2, 0) is 0 Å². The second-order valence-corrected chi connectivity index (χ2v) is 2.32. The molecule has 2 N–H and O–H groups in total. The fourth-order valence-electron chi connectivity index (χ4n) is 0.604. The van der Waals surface area contributed by atoms with Crippen molar-refractivity contribution in [2.75, 3.05) is 0 Å². The Balaban J connectivity index is 0. The maximum atomic E-state index is 5.83. The molecule has 0 aliphatic heterocycles. The molecule has 0 fully saturated rings. The number of nitrogens with two attached hydrogens (primary N) is 1. The van der Waals surface area contributed by atoms with Gasteiger partial charge in [0.05, 0.1) is 0 Å². The van der Waals surface area contributed by atoms with E-state index < -0.39 is 0 Å². The SMILES string of the molecule is [CH2-]CC(N)(CC)CC.[Li+]. The van der Waals surface area contributed by atoms with E-state index in [2.05, 4.69) is 20.8 Å². The molecule has 0 rings (SSSR count). The third-order valence-electron chi connectivity index (χ3n) is 1.91. The summed E-state index contributed by atoms with van der Waals surface area (Å²) in [4.78, 5) is 0. The van der Waals surface area contributed by atoms with Gasteiger partial charge in [0.1, 0.15) is 0 Å². The molecule has 0 spiro atoms. The van der Waals surface area contributed by atoms with Gasteiger partial charge in [0.15, 0.2) is 0 Å². The Morgan fingerprint density at radius 1 is 1.33 bits per heavy atom. The van der Waals surface area contributed by atoms with Gasteiger partial charge in [-0.1, -0.05) is 13.8 Å². The van der Waals surface area contributed by atoms with Crippen molar-refractivity contribution >= 4 is 0 Å². The van der Waals surface area contributed by atoms with Crippen LogP contribution in [0, 0.1) is 6.92 Å². The van der Waals surface area contributed by atoms with Crippen LogP contribution in [0.2, 0.25) is 0 Å². The summed E-state index contributed by atoms with van der Waals surface area (Å²) < 4.78 is 0. The molecule has 0 aromatic heterocycles. The molecule has 0 atom stereocenters. The van der Waals surface area contributed by atoms with Crippen LogP contribution in [0.5, 0.6) is 0 Å². The molecule has 9 heavy (non-hydrogen) atoms. The molecule has 0 unspecified atom stereocenters. The summed E-state index contributed by atoms with van der Waals surface area (Å²) in [6.07, 6.45) is 2.92. The van der Waals surface area contributed by atoms with E-state index in [0.717, 1.165) is 19.3 Å². The van der Waals surface area contributed by atoms with Crippen molar-refractivity contribution in [3.8, 4) is 0 Å². The predicted octanol–water partition coefficient (Wildman–Crippen LogP) is -1.27. The summed E-state index contributed by atoms with van der Waals surface area (Å²) in [5.74, 6) is 0. The number of rotatable bonds is 3. The topological polar surface area (TPSA) is 26.0 Å². The Kier molecular flexibility index (Phi) is 7.29. The van der Waals surface area contributed by atoms with E-state index in [0.29, 0.717) is 0 Å². The van der Waals surface area contributed by atoms with Crippen LogP contribution >= 0.6 is 0 Å². The average molecular weight is 121 g/mol. The normalized spacial score (nSPS) is 10.7. The third-order valence-corrected chi connectivity index (χ3v) is 1.91. The Hall–Kier alpha value is 0.557. The molecule has 1 nitrogen and oxygen atoms in total. The first-order valence-electron chi connectivity index (χ1n) is 3.26. The monoisotopic (exact) mass is 121 g/mol. The first kappa shape index (κ1) is 12.3. The molecule has 50 valence electrons. The Bertz CT molecular complexity index is 51.7. The Labute approximate surface area is 70.6 Å². The Morgan fingerprint density at radius 2 is 1.67 bits per heavy atom. The number of hydrogen-bond donors (Lipinski definition) is 1. The minimum absolute atomic E-state index is 0. The second-order valence-electron chi connectivity index (χ2n) is 2.32. The fraction of sp³-hybridized carbons (Fsp3) is 0.857. The largest absolute Gasteiger partial charge is 1.00 e. The summed E-state index contributed by atoms with van der Waals surface area (Å²) in [5.41, 5.74) is 5.85. The van der Waals surface area contributed by atoms with Crippen LogP contribution in [0.1, 0.15) is 33.1 Å². The van der Waals surface area contributed by atoms with Gasteiger partial charge in [-0.15, -0.1) is 0 Å². The van der Waals surface area contributed by atoms with Gasteiger partial charge < -0.3 is 12.7 Å². The molecule has 0 saturated carbocycles. The molecule has 0 aliphatic rings. The second kappa shape index (κ2) is 5.35. The van der Waals surface area contributed by atoms with Gasteiger partial charge in [0, 0.05) is 0 Å². The summed E-state index contributed by atoms with van der Waals surface area (Å²) in [5, 5.41) is 0. The van der Waals surface area contributed by atoms with Crippen molar-refractivity contribution in [2.45, 2.75) is 38.6 Å². The first-order chi connectivity index (χ1) is 3.68. The van der Waals surface area contributed by atoms with E-state index in [4.69, 9.17) is 5.73 Å². The molecule has 0 bridgehead atoms. The van der Waals surface area contributed by atoms with Gasteiger partial charge in [-0.3, -0.25) is 0 Å². The van der Waals surface area contributed by atoms with Crippen molar-refractivity contribution in [3.05, 3.63) is 6.92 Å². The predicted molar refractivity (Wildman–Crippen MR) is 37.5 cm³/mol. The summed E-state index contributed by atoms with van der Waals surface area (Å²) in [6, 6.07) is 0. The van der Waals surface area contributed by atoms with E-state index >= 15 is 0 Å². The van der Waals surface area contributed by atoms with Crippen LogP contribution in [0.3, 0.4) is 0 Å². The zero-order valence-electron chi connectivity index (χ0n) is 6.91. The van der Waals surface area contributed by atoms with Crippen molar-refractivity contribution in [3.63, 3.8) is 0 Å². The first-order valence-corrected chi connectivity index (χ1v) is 3.26. The number of hydrogen-bond acceptors (Lipinski definition) is 1. The average Bonchev–Trinajstić information content (AvgIpc) is 1.87. The van der Waals surface area contributed by atoms with Gasteiger partial charge in [-0.25, -0.2) is 0 Å². The van der Waals surface area contributed by atoms with Crippen LogP contribution < -0.4 is 24.6 Å². The quantitative estimate of drug-likeness (QED) is 0.366. The standard InChI is InChI=1S/C7H16N.Li/c1-4-7(8,5-2)6-3;/h1,4-6,8H2,2-3H3;/q-1;+1. The van der Waals surface area contributed by atoms with Gasteiger partial charge in [-0.2, -0.15) is 6.42 Å². The zero-order valence-corrected chi connectivity index (χ0v) is 6.91. The van der Waals surface area contributed by atoms with Crippen LogP contribution in [0.4, 0.5) is 0 Å². The van der Waals surface area contributed by atoms with E-state index in [1.54, 1.807) is 0 Å². The van der Waals surface area contributed by atoms with E-state index in [-0.39, 0.29) is 24.4 Å².